The average Bonchev–Trinajstić information content (AvgIpc) is 3.33. The number of nitrogens with one attached hydrogen (secondary N) is 1. The lowest BCUT2D eigenvalue weighted by atomic mass is 10.1. The number of anilines is 1. The third-order valence-corrected chi connectivity index (χ3v) is 5.17. The van der Waals surface area contributed by atoms with Crippen molar-refractivity contribution in [2.75, 3.05) is 11.9 Å². The average molecular weight is 288 g/mol. The van der Waals surface area contributed by atoms with Crippen LogP contribution in [0, 0.1) is 11.8 Å². The number of fused-ring (bicyclic) bond motifs is 1. The molecule has 1 aromatic heterocycles. The topological polar surface area (TPSA) is 34.1 Å². The molecule has 2 saturated carbocycles. The Morgan fingerprint density at radius 2 is 2.05 bits per heavy atom. The zero-order chi connectivity index (χ0) is 13.5. The highest BCUT2D eigenvalue weighted by molar-refractivity contribution is 7.22. The van der Waals surface area contributed by atoms with E-state index in [0.29, 0.717) is 12.6 Å². The quantitative estimate of drug-likeness (QED) is 0.860. The third-order valence-electron chi connectivity index (χ3n) is 4.22. The SMILES string of the molecule is CCOc1ccc2nc(NC(C3CC3)C3CC3)sc2c1. The molecule has 2 aliphatic carbocycles. The normalized spacial score (nSPS) is 18.7. The maximum atomic E-state index is 5.56. The summed E-state index contributed by atoms with van der Waals surface area (Å²) in [7, 11) is 0. The van der Waals surface area contributed by atoms with E-state index in [2.05, 4.69) is 17.4 Å². The lowest BCUT2D eigenvalue weighted by Gasteiger charge is -2.16. The molecule has 2 fully saturated rings. The van der Waals surface area contributed by atoms with Crippen molar-refractivity contribution in [3.8, 4) is 5.75 Å². The molecule has 20 heavy (non-hydrogen) atoms. The number of ether oxygens (including phenoxy) is 1. The van der Waals surface area contributed by atoms with Crippen LogP contribution in [-0.4, -0.2) is 17.6 Å². The molecule has 0 amide bonds. The van der Waals surface area contributed by atoms with E-state index in [1.54, 1.807) is 11.3 Å². The Balaban J connectivity index is 1.56. The van der Waals surface area contributed by atoms with Crippen LogP contribution in [0.5, 0.6) is 5.75 Å². The van der Waals surface area contributed by atoms with Gasteiger partial charge in [-0.05, 0) is 62.6 Å². The fourth-order valence-electron chi connectivity index (χ4n) is 2.90. The predicted molar refractivity (Wildman–Crippen MR) is 83.6 cm³/mol. The van der Waals surface area contributed by atoms with E-state index in [9.17, 15) is 0 Å². The van der Waals surface area contributed by atoms with Crippen LogP contribution in [0.3, 0.4) is 0 Å². The number of hydrogen-bond acceptors (Lipinski definition) is 4. The van der Waals surface area contributed by atoms with E-state index >= 15 is 0 Å². The minimum Gasteiger partial charge on any atom is -0.494 e. The summed E-state index contributed by atoms with van der Waals surface area (Å²) in [6.45, 7) is 2.72. The number of thiazole rings is 1. The Labute approximate surface area is 123 Å². The van der Waals surface area contributed by atoms with E-state index in [4.69, 9.17) is 9.72 Å². The van der Waals surface area contributed by atoms with Gasteiger partial charge in [-0.15, -0.1) is 0 Å². The molecule has 0 radical (unpaired) electrons. The first-order valence-corrected chi connectivity index (χ1v) is 8.45. The van der Waals surface area contributed by atoms with Gasteiger partial charge in [0.15, 0.2) is 5.13 Å². The Bertz CT molecular complexity index is 604. The molecule has 1 N–H and O–H groups in total. The van der Waals surface area contributed by atoms with E-state index in [0.717, 1.165) is 28.2 Å². The standard InChI is InChI=1S/C16H20N2OS/c1-2-19-12-7-8-13-14(9-12)20-16(17-13)18-15(10-3-4-10)11-5-6-11/h7-11,15H,2-6H2,1H3,(H,17,18). The molecule has 3 nitrogen and oxygen atoms in total. The predicted octanol–water partition coefficient (Wildman–Crippen LogP) is 4.30. The first-order chi connectivity index (χ1) is 9.83. The minimum atomic E-state index is 0.668. The number of benzene rings is 1. The Hall–Kier alpha value is -1.29. The van der Waals surface area contributed by atoms with Crippen LogP contribution in [0.25, 0.3) is 10.2 Å². The second-order valence-corrected chi connectivity index (χ2v) is 6.96. The summed E-state index contributed by atoms with van der Waals surface area (Å²) in [5, 5.41) is 4.79. The molecule has 4 rings (SSSR count). The number of aromatic nitrogens is 1. The highest BCUT2D eigenvalue weighted by Crippen LogP contribution is 2.46. The molecule has 0 aliphatic heterocycles. The van der Waals surface area contributed by atoms with Crippen molar-refractivity contribution in [2.24, 2.45) is 11.8 Å². The molecular weight excluding hydrogens is 268 g/mol. The Morgan fingerprint density at radius 3 is 2.70 bits per heavy atom. The second kappa shape index (κ2) is 4.92. The largest absolute Gasteiger partial charge is 0.494 e. The van der Waals surface area contributed by atoms with Crippen LogP contribution in [0.1, 0.15) is 32.6 Å². The van der Waals surface area contributed by atoms with Crippen molar-refractivity contribution >= 4 is 26.7 Å². The summed E-state index contributed by atoms with van der Waals surface area (Å²) in [6, 6.07) is 6.84. The van der Waals surface area contributed by atoms with Gasteiger partial charge in [-0.25, -0.2) is 4.98 Å². The molecule has 2 aromatic rings. The van der Waals surface area contributed by atoms with Gasteiger partial charge in [0, 0.05) is 6.04 Å². The maximum Gasteiger partial charge on any atom is 0.184 e. The molecule has 0 saturated heterocycles. The van der Waals surface area contributed by atoms with Crippen LogP contribution >= 0.6 is 11.3 Å². The van der Waals surface area contributed by atoms with Gasteiger partial charge in [0.1, 0.15) is 5.75 Å². The van der Waals surface area contributed by atoms with Gasteiger partial charge in [0.25, 0.3) is 0 Å². The number of nitrogens with zero attached hydrogens (tertiary/aromatic N) is 1. The second-order valence-electron chi connectivity index (χ2n) is 5.93. The minimum absolute atomic E-state index is 0.668. The molecule has 106 valence electrons. The summed E-state index contributed by atoms with van der Waals surface area (Å²) in [4.78, 5) is 4.73. The first-order valence-electron chi connectivity index (χ1n) is 7.63. The summed E-state index contributed by atoms with van der Waals surface area (Å²) in [6.07, 6.45) is 5.59. The molecule has 1 aromatic carbocycles. The van der Waals surface area contributed by atoms with Gasteiger partial charge in [-0.3, -0.25) is 0 Å². The van der Waals surface area contributed by atoms with Gasteiger partial charge in [-0.1, -0.05) is 11.3 Å². The van der Waals surface area contributed by atoms with Crippen LogP contribution in [0.4, 0.5) is 5.13 Å². The van der Waals surface area contributed by atoms with Crippen LogP contribution < -0.4 is 10.1 Å². The van der Waals surface area contributed by atoms with Crippen molar-refractivity contribution in [2.45, 2.75) is 38.6 Å². The van der Waals surface area contributed by atoms with Crippen molar-refractivity contribution in [1.82, 2.24) is 4.98 Å². The van der Waals surface area contributed by atoms with Gasteiger partial charge < -0.3 is 10.1 Å². The lowest BCUT2D eigenvalue weighted by molar-refractivity contribution is 0.341. The summed E-state index contributed by atoms with van der Waals surface area (Å²) in [5.74, 6) is 2.73. The molecule has 4 heteroatoms. The molecular formula is C16H20N2OS. The van der Waals surface area contributed by atoms with Crippen LogP contribution in [0.2, 0.25) is 0 Å². The lowest BCUT2D eigenvalue weighted by Crippen LogP contribution is -2.23. The van der Waals surface area contributed by atoms with Gasteiger partial charge in [0.2, 0.25) is 0 Å². The fraction of sp³-hybridized carbons (Fsp3) is 0.562. The molecule has 0 bridgehead atoms. The van der Waals surface area contributed by atoms with Crippen molar-refractivity contribution in [3.63, 3.8) is 0 Å². The monoisotopic (exact) mass is 288 g/mol. The number of rotatable bonds is 6. The van der Waals surface area contributed by atoms with E-state index in [1.807, 2.05) is 13.0 Å². The van der Waals surface area contributed by atoms with Gasteiger partial charge in [-0.2, -0.15) is 0 Å². The summed E-state index contributed by atoms with van der Waals surface area (Å²) < 4.78 is 6.77. The van der Waals surface area contributed by atoms with E-state index < -0.39 is 0 Å². The molecule has 1 heterocycles. The van der Waals surface area contributed by atoms with Crippen molar-refractivity contribution in [3.05, 3.63) is 18.2 Å². The maximum absolute atomic E-state index is 5.56. The molecule has 0 unspecified atom stereocenters. The Morgan fingerprint density at radius 1 is 1.30 bits per heavy atom. The number of hydrogen-bond donors (Lipinski definition) is 1. The van der Waals surface area contributed by atoms with E-state index in [-0.39, 0.29) is 0 Å². The summed E-state index contributed by atoms with van der Waals surface area (Å²) in [5.41, 5.74) is 1.08. The van der Waals surface area contributed by atoms with Crippen molar-refractivity contribution < 1.29 is 4.74 Å². The molecule has 2 aliphatic rings. The summed E-state index contributed by atoms with van der Waals surface area (Å²) >= 11 is 1.75. The third kappa shape index (κ3) is 2.49. The van der Waals surface area contributed by atoms with Gasteiger partial charge in [0.05, 0.1) is 16.8 Å². The van der Waals surface area contributed by atoms with Gasteiger partial charge >= 0.3 is 0 Å². The zero-order valence-corrected chi connectivity index (χ0v) is 12.6. The molecule has 0 spiro atoms. The highest BCUT2D eigenvalue weighted by atomic mass is 32.1. The van der Waals surface area contributed by atoms with Crippen molar-refractivity contribution in [1.29, 1.82) is 0 Å². The van der Waals surface area contributed by atoms with E-state index in [1.165, 1.54) is 30.4 Å². The zero-order valence-electron chi connectivity index (χ0n) is 11.8. The molecule has 0 atom stereocenters. The van der Waals surface area contributed by atoms with Crippen LogP contribution in [-0.2, 0) is 0 Å². The fourth-order valence-corrected chi connectivity index (χ4v) is 3.84. The highest BCUT2D eigenvalue weighted by Gasteiger charge is 2.41. The van der Waals surface area contributed by atoms with Crippen LogP contribution in [0.15, 0.2) is 18.2 Å². The first kappa shape index (κ1) is 12.5. The Kier molecular flexibility index (Phi) is 3.06. The smallest absolute Gasteiger partial charge is 0.184 e.